The molecule has 0 atom stereocenters. The third-order valence-electron chi connectivity index (χ3n) is 2.48. The van der Waals surface area contributed by atoms with E-state index in [1.807, 2.05) is 0 Å². The molecule has 0 radical (unpaired) electrons. The van der Waals surface area contributed by atoms with Gasteiger partial charge in [-0.05, 0) is 17.7 Å². The molecule has 0 aliphatic heterocycles. The SMILES string of the molecule is Cn1cnn(Cc2ccc(F)c(C(=O)O)c2)c1=O. The van der Waals surface area contributed by atoms with E-state index in [2.05, 4.69) is 5.10 Å². The Labute approximate surface area is 101 Å². The second kappa shape index (κ2) is 4.44. The predicted octanol–water partition coefficient (Wildman–Crippen LogP) is 0.467. The zero-order chi connectivity index (χ0) is 13.3. The summed E-state index contributed by atoms with van der Waals surface area (Å²) in [6.07, 6.45) is 1.35. The van der Waals surface area contributed by atoms with Crippen LogP contribution in [0.25, 0.3) is 0 Å². The van der Waals surface area contributed by atoms with E-state index in [4.69, 9.17) is 5.11 Å². The molecule has 1 heterocycles. The van der Waals surface area contributed by atoms with Crippen LogP contribution < -0.4 is 5.69 Å². The maximum absolute atomic E-state index is 13.2. The topological polar surface area (TPSA) is 77.1 Å². The van der Waals surface area contributed by atoms with Gasteiger partial charge in [-0.25, -0.2) is 18.7 Å². The molecule has 0 spiro atoms. The first kappa shape index (κ1) is 12.0. The Bertz CT molecular complexity index is 660. The van der Waals surface area contributed by atoms with Crippen molar-refractivity contribution in [2.75, 3.05) is 0 Å². The Morgan fingerprint density at radius 2 is 2.22 bits per heavy atom. The molecule has 1 aromatic heterocycles. The molecule has 7 heteroatoms. The van der Waals surface area contributed by atoms with Crippen LogP contribution in [0.1, 0.15) is 15.9 Å². The van der Waals surface area contributed by atoms with E-state index < -0.39 is 17.3 Å². The monoisotopic (exact) mass is 251 g/mol. The Morgan fingerprint density at radius 3 is 2.78 bits per heavy atom. The van der Waals surface area contributed by atoms with Crippen molar-refractivity contribution in [1.29, 1.82) is 0 Å². The second-order valence-electron chi connectivity index (χ2n) is 3.80. The molecule has 0 saturated heterocycles. The minimum absolute atomic E-state index is 0.0975. The van der Waals surface area contributed by atoms with Crippen LogP contribution in [0.2, 0.25) is 0 Å². The highest BCUT2D eigenvalue weighted by Crippen LogP contribution is 2.11. The third-order valence-corrected chi connectivity index (χ3v) is 2.48. The van der Waals surface area contributed by atoms with Gasteiger partial charge in [0.15, 0.2) is 0 Å². The van der Waals surface area contributed by atoms with E-state index in [0.717, 1.165) is 6.07 Å². The van der Waals surface area contributed by atoms with Gasteiger partial charge in [-0.2, -0.15) is 5.10 Å². The van der Waals surface area contributed by atoms with Crippen molar-refractivity contribution >= 4 is 5.97 Å². The zero-order valence-electron chi connectivity index (χ0n) is 9.50. The summed E-state index contributed by atoms with van der Waals surface area (Å²) in [5.41, 5.74) is -0.248. The summed E-state index contributed by atoms with van der Waals surface area (Å²) in [6.45, 7) is 0.0975. The summed E-state index contributed by atoms with van der Waals surface area (Å²) >= 11 is 0. The Kier molecular flexibility index (Phi) is 2.97. The maximum atomic E-state index is 13.2. The van der Waals surface area contributed by atoms with Gasteiger partial charge >= 0.3 is 11.7 Å². The summed E-state index contributed by atoms with van der Waals surface area (Å²) in [5.74, 6) is -2.15. The normalized spacial score (nSPS) is 10.6. The zero-order valence-corrected chi connectivity index (χ0v) is 9.50. The standard InChI is InChI=1S/C11H10FN3O3/c1-14-6-13-15(11(14)18)5-7-2-3-9(12)8(4-7)10(16)17/h2-4,6H,5H2,1H3,(H,16,17). The third kappa shape index (κ3) is 2.15. The molecular weight excluding hydrogens is 241 g/mol. The van der Waals surface area contributed by atoms with Crippen LogP contribution in [0.4, 0.5) is 4.39 Å². The number of carboxylic acid groups (broad SMARTS) is 1. The second-order valence-corrected chi connectivity index (χ2v) is 3.80. The average molecular weight is 251 g/mol. The smallest absolute Gasteiger partial charge is 0.345 e. The molecule has 6 nitrogen and oxygen atoms in total. The summed E-state index contributed by atoms with van der Waals surface area (Å²) < 4.78 is 15.6. The van der Waals surface area contributed by atoms with Gasteiger partial charge in [-0.15, -0.1) is 0 Å². The van der Waals surface area contributed by atoms with Crippen molar-refractivity contribution in [1.82, 2.24) is 14.3 Å². The van der Waals surface area contributed by atoms with Crippen LogP contribution in [-0.4, -0.2) is 25.4 Å². The first-order chi connectivity index (χ1) is 8.49. The predicted molar refractivity (Wildman–Crippen MR) is 59.9 cm³/mol. The van der Waals surface area contributed by atoms with E-state index in [0.29, 0.717) is 5.56 Å². The van der Waals surface area contributed by atoms with Crippen molar-refractivity contribution in [3.05, 3.63) is 52.0 Å². The van der Waals surface area contributed by atoms with Gasteiger partial charge in [0.2, 0.25) is 0 Å². The Morgan fingerprint density at radius 1 is 1.50 bits per heavy atom. The highest BCUT2D eigenvalue weighted by molar-refractivity contribution is 5.88. The molecule has 2 aromatic rings. The minimum Gasteiger partial charge on any atom is -0.478 e. The quantitative estimate of drug-likeness (QED) is 0.860. The molecule has 1 aromatic carbocycles. The molecule has 0 amide bonds. The summed E-state index contributed by atoms with van der Waals surface area (Å²) in [7, 11) is 1.55. The lowest BCUT2D eigenvalue weighted by molar-refractivity contribution is 0.0691. The van der Waals surface area contributed by atoms with Crippen LogP contribution in [0, 0.1) is 5.82 Å². The first-order valence-corrected chi connectivity index (χ1v) is 5.09. The number of aromatic carboxylic acids is 1. The first-order valence-electron chi connectivity index (χ1n) is 5.09. The van der Waals surface area contributed by atoms with Crippen LogP contribution in [-0.2, 0) is 13.6 Å². The van der Waals surface area contributed by atoms with Crippen LogP contribution in [0.3, 0.4) is 0 Å². The molecule has 0 fully saturated rings. The molecule has 0 aliphatic carbocycles. The van der Waals surface area contributed by atoms with Crippen molar-refractivity contribution in [3.63, 3.8) is 0 Å². The van der Waals surface area contributed by atoms with E-state index in [1.165, 1.54) is 27.7 Å². The number of halogens is 1. The minimum atomic E-state index is -1.34. The fourth-order valence-electron chi connectivity index (χ4n) is 1.54. The van der Waals surface area contributed by atoms with Gasteiger partial charge in [0.05, 0.1) is 12.1 Å². The Balaban J connectivity index is 2.36. The number of benzene rings is 1. The molecule has 0 saturated carbocycles. The molecule has 0 unspecified atom stereocenters. The molecule has 0 bridgehead atoms. The van der Waals surface area contributed by atoms with Gasteiger partial charge in [0.1, 0.15) is 12.1 Å². The van der Waals surface area contributed by atoms with Crippen LogP contribution in [0.5, 0.6) is 0 Å². The maximum Gasteiger partial charge on any atom is 0.345 e. The van der Waals surface area contributed by atoms with Gasteiger partial charge in [0, 0.05) is 7.05 Å². The number of rotatable bonds is 3. The van der Waals surface area contributed by atoms with Gasteiger partial charge < -0.3 is 5.11 Å². The highest BCUT2D eigenvalue weighted by atomic mass is 19.1. The largest absolute Gasteiger partial charge is 0.478 e. The molecule has 0 aliphatic rings. The molecular formula is C11H10FN3O3. The van der Waals surface area contributed by atoms with Crippen molar-refractivity contribution in [3.8, 4) is 0 Å². The summed E-state index contributed by atoms with van der Waals surface area (Å²) in [5, 5.41) is 12.6. The lowest BCUT2D eigenvalue weighted by Crippen LogP contribution is -2.23. The number of aryl methyl sites for hydroxylation is 1. The molecule has 1 N–H and O–H groups in total. The van der Waals surface area contributed by atoms with Gasteiger partial charge in [-0.1, -0.05) is 6.07 Å². The Hall–Kier alpha value is -2.44. The number of hydrogen-bond donors (Lipinski definition) is 1. The van der Waals surface area contributed by atoms with Crippen molar-refractivity contribution < 1.29 is 14.3 Å². The summed E-state index contributed by atoms with van der Waals surface area (Å²) in [4.78, 5) is 22.3. The molecule has 94 valence electrons. The fourth-order valence-corrected chi connectivity index (χ4v) is 1.54. The average Bonchev–Trinajstić information content (AvgIpc) is 2.63. The number of aromatic nitrogens is 3. The van der Waals surface area contributed by atoms with Crippen LogP contribution in [0.15, 0.2) is 29.3 Å². The highest BCUT2D eigenvalue weighted by Gasteiger charge is 2.11. The van der Waals surface area contributed by atoms with Gasteiger partial charge in [-0.3, -0.25) is 4.57 Å². The molecule has 18 heavy (non-hydrogen) atoms. The fraction of sp³-hybridized carbons (Fsp3) is 0.182. The van der Waals surface area contributed by atoms with Crippen LogP contribution >= 0.6 is 0 Å². The van der Waals surface area contributed by atoms with E-state index in [9.17, 15) is 14.0 Å². The van der Waals surface area contributed by atoms with E-state index >= 15 is 0 Å². The number of nitrogens with zero attached hydrogens (tertiary/aromatic N) is 3. The van der Waals surface area contributed by atoms with E-state index in [1.54, 1.807) is 7.05 Å². The molecule has 2 rings (SSSR count). The number of carbonyl (C=O) groups is 1. The van der Waals surface area contributed by atoms with Crippen molar-refractivity contribution in [2.45, 2.75) is 6.54 Å². The lowest BCUT2D eigenvalue weighted by atomic mass is 10.1. The number of carboxylic acids is 1. The van der Waals surface area contributed by atoms with Gasteiger partial charge in [0.25, 0.3) is 0 Å². The lowest BCUT2D eigenvalue weighted by Gasteiger charge is -2.03. The van der Waals surface area contributed by atoms with E-state index in [-0.39, 0.29) is 12.2 Å². The summed E-state index contributed by atoms with van der Waals surface area (Å²) in [6, 6.07) is 3.68. The number of hydrogen-bond acceptors (Lipinski definition) is 3. The van der Waals surface area contributed by atoms with Crippen molar-refractivity contribution in [2.24, 2.45) is 7.05 Å².